The number of hydrogen-bond donors (Lipinski definition) is 1. The molecule has 8 heteroatoms. The second-order valence-corrected chi connectivity index (χ2v) is 11.0. The van der Waals surface area contributed by atoms with Crippen LogP contribution < -0.4 is 5.69 Å². The molecule has 1 aliphatic carbocycles. The van der Waals surface area contributed by atoms with Gasteiger partial charge in [0.05, 0.1) is 12.2 Å². The highest BCUT2D eigenvalue weighted by Crippen LogP contribution is 2.57. The van der Waals surface area contributed by atoms with Gasteiger partial charge in [0.1, 0.15) is 0 Å². The summed E-state index contributed by atoms with van der Waals surface area (Å²) >= 11 is 0. The van der Waals surface area contributed by atoms with Gasteiger partial charge in [-0.1, -0.05) is 71.4 Å². The molecule has 2 unspecified atom stereocenters. The number of hydrogen-bond acceptors (Lipinski definition) is 5. The Morgan fingerprint density at radius 2 is 1.73 bits per heavy atom. The van der Waals surface area contributed by atoms with Crippen LogP contribution in [0.4, 0.5) is 0 Å². The van der Waals surface area contributed by atoms with Crippen molar-refractivity contribution in [1.29, 1.82) is 0 Å². The van der Waals surface area contributed by atoms with Crippen LogP contribution in [0.5, 0.6) is 0 Å². The van der Waals surface area contributed by atoms with E-state index >= 15 is 0 Å². The quantitative estimate of drug-likeness (QED) is 0.316. The van der Waals surface area contributed by atoms with Crippen molar-refractivity contribution < 1.29 is 0 Å². The van der Waals surface area contributed by atoms with Gasteiger partial charge in [-0.25, -0.2) is 9.89 Å². The van der Waals surface area contributed by atoms with Gasteiger partial charge in [-0.15, -0.1) is 5.10 Å². The van der Waals surface area contributed by atoms with Gasteiger partial charge in [0, 0.05) is 35.3 Å². The van der Waals surface area contributed by atoms with Gasteiger partial charge in [0.25, 0.3) is 0 Å². The number of rotatable bonds is 10. The van der Waals surface area contributed by atoms with Crippen LogP contribution in [0.3, 0.4) is 0 Å². The molecule has 37 heavy (non-hydrogen) atoms. The first-order valence-corrected chi connectivity index (χ1v) is 13.5. The van der Waals surface area contributed by atoms with Crippen molar-refractivity contribution in [2.75, 3.05) is 0 Å². The van der Waals surface area contributed by atoms with E-state index in [-0.39, 0.29) is 5.69 Å². The molecule has 1 N–H and O–H groups in total. The molecule has 0 radical (unpaired) electrons. The smallest absolute Gasteiger partial charge is 0.295 e. The van der Waals surface area contributed by atoms with Gasteiger partial charge in [-0.2, -0.15) is 0 Å². The summed E-state index contributed by atoms with van der Waals surface area (Å²) in [5, 5.41) is 14.3. The summed E-state index contributed by atoms with van der Waals surface area (Å²) in [5.74, 6) is 2.87. The maximum absolute atomic E-state index is 13.7. The minimum atomic E-state index is 0.108. The predicted octanol–water partition coefficient (Wildman–Crippen LogP) is 5.38. The number of benzene rings is 1. The van der Waals surface area contributed by atoms with E-state index in [0.717, 1.165) is 47.3 Å². The summed E-state index contributed by atoms with van der Waals surface area (Å²) in [6, 6.07) is 12.3. The summed E-state index contributed by atoms with van der Waals surface area (Å²) in [7, 11) is 0. The standard InChI is InChI=1S/C29H37N7O/c1-6-7-10-21-17-36(27-25(18(2)3)26(27)19(4)5)29(37)35(21)16-20-13-14-24(30-15-20)22-11-8-9-12-23(22)28-31-33-34-32-28/h8-9,11-15,17-19,25-27H,6-7,10,16H2,1-5H3,(H,31,32,33,34). The average molecular weight is 500 g/mol. The molecule has 3 heterocycles. The van der Waals surface area contributed by atoms with Gasteiger partial charge in [0.2, 0.25) is 0 Å². The average Bonchev–Trinajstić information content (AvgIpc) is 3.26. The van der Waals surface area contributed by atoms with Gasteiger partial charge in [-0.05, 0) is 58.6 Å². The van der Waals surface area contributed by atoms with Crippen LogP contribution in [-0.2, 0) is 13.0 Å². The normalized spacial score (nSPS) is 19.2. The first-order valence-electron chi connectivity index (χ1n) is 13.5. The van der Waals surface area contributed by atoms with Crippen LogP contribution >= 0.6 is 0 Å². The Kier molecular flexibility index (Phi) is 7.09. The van der Waals surface area contributed by atoms with Crippen molar-refractivity contribution in [1.82, 2.24) is 34.7 Å². The summed E-state index contributed by atoms with van der Waals surface area (Å²) in [6.07, 6.45) is 7.10. The van der Waals surface area contributed by atoms with E-state index in [1.165, 1.54) is 0 Å². The van der Waals surface area contributed by atoms with Crippen molar-refractivity contribution in [3.63, 3.8) is 0 Å². The SMILES string of the molecule is CCCCc1cn(C2C(C(C)C)C2C(C)C)c(=O)n1Cc1ccc(-c2ccccc2-c2nnn[nH]2)nc1. The van der Waals surface area contributed by atoms with Crippen LogP contribution in [0, 0.1) is 23.7 Å². The lowest BCUT2D eigenvalue weighted by Crippen LogP contribution is -2.26. The molecule has 0 bridgehead atoms. The molecule has 0 saturated heterocycles. The number of tetrazole rings is 1. The summed E-state index contributed by atoms with van der Waals surface area (Å²) in [6.45, 7) is 11.8. The Hall–Kier alpha value is -3.55. The predicted molar refractivity (Wildman–Crippen MR) is 145 cm³/mol. The number of aryl methyl sites for hydroxylation is 1. The molecule has 4 aromatic rings. The molecule has 0 spiro atoms. The topological polar surface area (TPSA) is 94.3 Å². The summed E-state index contributed by atoms with van der Waals surface area (Å²) in [4.78, 5) is 18.5. The molecule has 1 aliphatic rings. The number of imidazole rings is 1. The summed E-state index contributed by atoms with van der Waals surface area (Å²) < 4.78 is 4.01. The molecular weight excluding hydrogens is 462 g/mol. The van der Waals surface area contributed by atoms with E-state index in [9.17, 15) is 4.79 Å². The van der Waals surface area contributed by atoms with Gasteiger partial charge >= 0.3 is 5.69 Å². The fraction of sp³-hybridized carbons (Fsp3) is 0.483. The molecule has 1 fully saturated rings. The molecule has 1 saturated carbocycles. The third-order valence-corrected chi connectivity index (χ3v) is 7.80. The lowest BCUT2D eigenvalue weighted by molar-refractivity contribution is 0.448. The van der Waals surface area contributed by atoms with Crippen LogP contribution in [0.2, 0.25) is 0 Å². The molecule has 8 nitrogen and oxygen atoms in total. The largest absolute Gasteiger partial charge is 0.328 e. The van der Waals surface area contributed by atoms with Crippen LogP contribution in [0.1, 0.15) is 64.8 Å². The Bertz CT molecular complexity index is 1370. The molecule has 1 aromatic carbocycles. The molecule has 2 atom stereocenters. The minimum Gasteiger partial charge on any atom is -0.295 e. The number of pyridine rings is 1. The highest BCUT2D eigenvalue weighted by Gasteiger charge is 2.54. The molecule has 0 aliphatic heterocycles. The maximum Gasteiger partial charge on any atom is 0.328 e. The molecular formula is C29H37N7O. The van der Waals surface area contributed by atoms with Gasteiger partial charge in [0.15, 0.2) is 5.82 Å². The first kappa shape index (κ1) is 25.1. The molecule has 5 rings (SSSR count). The fourth-order valence-electron chi connectivity index (χ4n) is 5.92. The van der Waals surface area contributed by atoms with Crippen molar-refractivity contribution in [2.24, 2.45) is 23.7 Å². The number of nitrogens with zero attached hydrogens (tertiary/aromatic N) is 6. The third kappa shape index (κ3) is 4.89. The first-order chi connectivity index (χ1) is 17.9. The molecule has 194 valence electrons. The van der Waals surface area contributed by atoms with Gasteiger partial charge in [-0.3, -0.25) is 14.1 Å². The van der Waals surface area contributed by atoms with E-state index in [4.69, 9.17) is 4.98 Å². The number of aromatic nitrogens is 7. The maximum atomic E-state index is 13.7. The Balaban J connectivity index is 1.44. The second-order valence-electron chi connectivity index (χ2n) is 11.0. The lowest BCUT2D eigenvalue weighted by Gasteiger charge is -2.09. The number of nitrogens with one attached hydrogen (secondary N) is 1. The highest BCUT2D eigenvalue weighted by molar-refractivity contribution is 5.78. The zero-order valence-corrected chi connectivity index (χ0v) is 22.4. The van der Waals surface area contributed by atoms with E-state index in [2.05, 4.69) is 67.5 Å². The lowest BCUT2D eigenvalue weighted by atomic mass is 10.0. The third-order valence-electron chi connectivity index (χ3n) is 7.80. The number of unbranched alkanes of at least 4 members (excludes halogenated alkanes) is 1. The highest BCUT2D eigenvalue weighted by atomic mass is 16.1. The minimum absolute atomic E-state index is 0.108. The van der Waals surface area contributed by atoms with Crippen molar-refractivity contribution >= 4 is 0 Å². The van der Waals surface area contributed by atoms with Crippen molar-refractivity contribution in [3.8, 4) is 22.6 Å². The fourth-order valence-corrected chi connectivity index (χ4v) is 5.92. The Labute approximate surface area is 218 Å². The van der Waals surface area contributed by atoms with E-state index in [0.29, 0.717) is 42.1 Å². The van der Waals surface area contributed by atoms with E-state index in [1.807, 2.05) is 45.7 Å². The number of H-pyrrole nitrogens is 1. The second kappa shape index (κ2) is 10.4. The van der Waals surface area contributed by atoms with Crippen molar-refractivity contribution in [3.05, 3.63) is 70.5 Å². The van der Waals surface area contributed by atoms with Crippen LogP contribution in [-0.4, -0.2) is 34.7 Å². The molecule has 0 amide bonds. The Morgan fingerprint density at radius 3 is 2.32 bits per heavy atom. The van der Waals surface area contributed by atoms with Crippen LogP contribution in [0.25, 0.3) is 22.6 Å². The number of aromatic amines is 1. The Morgan fingerprint density at radius 1 is 1.00 bits per heavy atom. The van der Waals surface area contributed by atoms with Crippen molar-refractivity contribution in [2.45, 2.75) is 66.5 Å². The summed E-state index contributed by atoms with van der Waals surface area (Å²) in [5.41, 5.74) is 4.92. The van der Waals surface area contributed by atoms with E-state index in [1.54, 1.807) is 0 Å². The van der Waals surface area contributed by atoms with Gasteiger partial charge < -0.3 is 0 Å². The van der Waals surface area contributed by atoms with E-state index < -0.39 is 0 Å². The monoisotopic (exact) mass is 499 g/mol. The molecule has 3 aromatic heterocycles. The zero-order valence-electron chi connectivity index (χ0n) is 22.4. The van der Waals surface area contributed by atoms with Crippen LogP contribution in [0.15, 0.2) is 53.6 Å². The zero-order chi connectivity index (χ0) is 26.1.